The van der Waals surface area contributed by atoms with E-state index in [4.69, 9.17) is 11.6 Å². The van der Waals surface area contributed by atoms with Gasteiger partial charge < -0.3 is 10.6 Å². The number of benzene rings is 2. The molecule has 3 aromatic rings. The quantitative estimate of drug-likeness (QED) is 0.576. The summed E-state index contributed by atoms with van der Waals surface area (Å²) < 4.78 is 15.5. The van der Waals surface area contributed by atoms with Crippen LogP contribution in [0.4, 0.5) is 10.1 Å². The highest BCUT2D eigenvalue weighted by Crippen LogP contribution is 2.19. The Labute approximate surface area is 171 Å². The standard InChI is InChI=1S/C19H18ClFN6O2/c1-12-24-25-26-27(12)15-8-9-16(21)17(11-15)23-18(28)3-2-10-22-19(29)13-4-6-14(20)7-5-13/h4-9,11H,2-3,10H2,1H3,(H,22,29)(H,23,28). The van der Waals surface area contributed by atoms with Gasteiger partial charge in [0.05, 0.1) is 11.4 Å². The highest BCUT2D eigenvalue weighted by atomic mass is 35.5. The molecule has 2 aromatic carbocycles. The number of amides is 2. The van der Waals surface area contributed by atoms with E-state index < -0.39 is 5.82 Å². The first kappa shape index (κ1) is 20.4. The lowest BCUT2D eigenvalue weighted by molar-refractivity contribution is -0.116. The van der Waals surface area contributed by atoms with Gasteiger partial charge in [-0.15, -0.1) is 5.10 Å². The first-order valence-electron chi connectivity index (χ1n) is 8.82. The number of hydrogen-bond acceptors (Lipinski definition) is 5. The van der Waals surface area contributed by atoms with Crippen molar-refractivity contribution in [2.75, 3.05) is 11.9 Å². The number of halogens is 2. The van der Waals surface area contributed by atoms with Crippen LogP contribution < -0.4 is 10.6 Å². The zero-order valence-electron chi connectivity index (χ0n) is 15.5. The maximum Gasteiger partial charge on any atom is 0.251 e. The predicted molar refractivity (Wildman–Crippen MR) is 105 cm³/mol. The van der Waals surface area contributed by atoms with Crippen molar-refractivity contribution in [3.8, 4) is 5.69 Å². The number of aromatic nitrogens is 4. The molecule has 0 bridgehead atoms. The van der Waals surface area contributed by atoms with Gasteiger partial charge >= 0.3 is 0 Å². The van der Waals surface area contributed by atoms with Gasteiger partial charge in [0.1, 0.15) is 5.82 Å². The number of carbonyl (C=O) groups is 2. The van der Waals surface area contributed by atoms with Gasteiger partial charge in [-0.25, -0.2) is 4.39 Å². The molecule has 0 saturated carbocycles. The van der Waals surface area contributed by atoms with Gasteiger partial charge in [-0.05, 0) is 66.2 Å². The van der Waals surface area contributed by atoms with E-state index in [0.29, 0.717) is 35.1 Å². The SMILES string of the molecule is Cc1nnnn1-c1ccc(F)c(NC(=O)CCCNC(=O)c2ccc(Cl)cc2)c1. The number of anilines is 1. The Bertz CT molecular complexity index is 1020. The van der Waals surface area contributed by atoms with E-state index in [9.17, 15) is 14.0 Å². The van der Waals surface area contributed by atoms with Gasteiger partial charge in [-0.3, -0.25) is 9.59 Å². The van der Waals surface area contributed by atoms with Gasteiger partial charge in [0.15, 0.2) is 5.82 Å². The number of carbonyl (C=O) groups excluding carboxylic acids is 2. The molecule has 0 spiro atoms. The fourth-order valence-electron chi connectivity index (χ4n) is 2.58. The van der Waals surface area contributed by atoms with Crippen LogP contribution in [-0.2, 0) is 4.79 Å². The number of rotatable bonds is 7. The molecule has 29 heavy (non-hydrogen) atoms. The van der Waals surface area contributed by atoms with Crippen LogP contribution in [0, 0.1) is 12.7 Å². The predicted octanol–water partition coefficient (Wildman–Crippen LogP) is 2.91. The van der Waals surface area contributed by atoms with Crippen LogP contribution in [0.25, 0.3) is 5.69 Å². The second-order valence-electron chi connectivity index (χ2n) is 6.22. The molecule has 0 radical (unpaired) electrons. The summed E-state index contributed by atoms with van der Waals surface area (Å²) in [7, 11) is 0. The van der Waals surface area contributed by atoms with Gasteiger partial charge in [0.2, 0.25) is 5.91 Å². The van der Waals surface area contributed by atoms with Crippen LogP contribution in [-0.4, -0.2) is 38.6 Å². The first-order valence-corrected chi connectivity index (χ1v) is 9.20. The number of aryl methyl sites for hydroxylation is 1. The van der Waals surface area contributed by atoms with Crippen molar-refractivity contribution in [3.05, 3.63) is 64.7 Å². The smallest absolute Gasteiger partial charge is 0.251 e. The summed E-state index contributed by atoms with van der Waals surface area (Å²) >= 11 is 5.79. The van der Waals surface area contributed by atoms with Crippen molar-refractivity contribution in [1.82, 2.24) is 25.5 Å². The fourth-order valence-corrected chi connectivity index (χ4v) is 2.70. The molecule has 150 valence electrons. The molecule has 1 aromatic heterocycles. The molecule has 8 nitrogen and oxygen atoms in total. The van der Waals surface area contributed by atoms with Crippen LogP contribution in [0.15, 0.2) is 42.5 Å². The van der Waals surface area contributed by atoms with E-state index in [0.717, 1.165) is 0 Å². The number of tetrazole rings is 1. The van der Waals surface area contributed by atoms with E-state index >= 15 is 0 Å². The molecule has 0 fully saturated rings. The Hall–Kier alpha value is -3.33. The summed E-state index contributed by atoms with van der Waals surface area (Å²) in [6.45, 7) is 2.02. The topological polar surface area (TPSA) is 102 Å². The third kappa shape index (κ3) is 5.35. The molecule has 10 heteroatoms. The first-order chi connectivity index (χ1) is 13.9. The molecule has 2 amide bonds. The van der Waals surface area contributed by atoms with Crippen LogP contribution in [0.5, 0.6) is 0 Å². The minimum atomic E-state index is -0.566. The lowest BCUT2D eigenvalue weighted by Gasteiger charge is -2.09. The summed E-state index contributed by atoms with van der Waals surface area (Å²) in [5, 5.41) is 16.9. The molecule has 0 unspecified atom stereocenters. The number of nitrogens with one attached hydrogen (secondary N) is 2. The highest BCUT2D eigenvalue weighted by molar-refractivity contribution is 6.30. The Morgan fingerprint density at radius 2 is 1.93 bits per heavy atom. The normalized spacial score (nSPS) is 10.6. The van der Waals surface area contributed by atoms with Crippen molar-refractivity contribution in [3.63, 3.8) is 0 Å². The van der Waals surface area contributed by atoms with Crippen molar-refractivity contribution < 1.29 is 14.0 Å². The molecule has 0 saturated heterocycles. The summed E-state index contributed by atoms with van der Waals surface area (Å²) in [5.41, 5.74) is 1.04. The Morgan fingerprint density at radius 3 is 2.62 bits per heavy atom. The highest BCUT2D eigenvalue weighted by Gasteiger charge is 2.11. The summed E-state index contributed by atoms with van der Waals surface area (Å²) in [6.07, 6.45) is 0.521. The summed E-state index contributed by atoms with van der Waals surface area (Å²) in [6, 6.07) is 10.7. The van der Waals surface area contributed by atoms with Crippen molar-refractivity contribution in [2.45, 2.75) is 19.8 Å². The van der Waals surface area contributed by atoms with Crippen molar-refractivity contribution >= 4 is 29.1 Å². The van der Waals surface area contributed by atoms with Crippen molar-refractivity contribution in [1.29, 1.82) is 0 Å². The monoisotopic (exact) mass is 416 g/mol. The minimum Gasteiger partial charge on any atom is -0.352 e. The van der Waals surface area contributed by atoms with Gasteiger partial charge in [0, 0.05) is 23.6 Å². The molecular formula is C19H18ClFN6O2. The average Bonchev–Trinajstić information content (AvgIpc) is 3.13. The van der Waals surface area contributed by atoms with Crippen LogP contribution in [0.3, 0.4) is 0 Å². The molecule has 1 heterocycles. The van der Waals surface area contributed by atoms with Crippen LogP contribution in [0.2, 0.25) is 5.02 Å². The molecule has 3 rings (SSSR count). The lowest BCUT2D eigenvalue weighted by atomic mass is 10.2. The number of nitrogens with zero attached hydrogens (tertiary/aromatic N) is 4. The van der Waals surface area contributed by atoms with Crippen LogP contribution >= 0.6 is 11.6 Å². The molecule has 2 N–H and O–H groups in total. The zero-order valence-corrected chi connectivity index (χ0v) is 16.3. The molecular weight excluding hydrogens is 399 g/mol. The summed E-state index contributed by atoms with van der Waals surface area (Å²) in [4.78, 5) is 24.1. The molecule has 0 atom stereocenters. The van der Waals surface area contributed by atoms with E-state index in [-0.39, 0.29) is 23.9 Å². The van der Waals surface area contributed by atoms with Gasteiger partial charge in [-0.1, -0.05) is 11.6 Å². The van der Waals surface area contributed by atoms with E-state index in [1.54, 1.807) is 31.2 Å². The Kier molecular flexibility index (Phi) is 6.50. The Morgan fingerprint density at radius 1 is 1.17 bits per heavy atom. The lowest BCUT2D eigenvalue weighted by Crippen LogP contribution is -2.25. The molecule has 0 aliphatic carbocycles. The summed E-state index contributed by atoms with van der Waals surface area (Å²) in [5.74, 6) is -0.651. The zero-order chi connectivity index (χ0) is 20.8. The maximum absolute atomic E-state index is 14.0. The third-order valence-corrected chi connectivity index (χ3v) is 4.32. The minimum absolute atomic E-state index is 0.0348. The molecule has 0 aliphatic rings. The Balaban J connectivity index is 1.50. The second kappa shape index (κ2) is 9.24. The largest absolute Gasteiger partial charge is 0.352 e. The van der Waals surface area contributed by atoms with Gasteiger partial charge in [0.25, 0.3) is 5.91 Å². The fraction of sp³-hybridized carbons (Fsp3) is 0.211. The maximum atomic E-state index is 14.0. The second-order valence-corrected chi connectivity index (χ2v) is 6.65. The van der Waals surface area contributed by atoms with Crippen molar-refractivity contribution in [2.24, 2.45) is 0 Å². The van der Waals surface area contributed by atoms with E-state index in [1.165, 1.54) is 22.9 Å². The van der Waals surface area contributed by atoms with E-state index in [2.05, 4.69) is 26.2 Å². The van der Waals surface area contributed by atoms with Crippen LogP contribution in [0.1, 0.15) is 29.0 Å². The third-order valence-electron chi connectivity index (χ3n) is 4.07. The number of hydrogen-bond donors (Lipinski definition) is 2. The van der Waals surface area contributed by atoms with E-state index in [1.807, 2.05) is 0 Å². The molecule has 0 aliphatic heterocycles. The van der Waals surface area contributed by atoms with Gasteiger partial charge in [-0.2, -0.15) is 4.68 Å². The average molecular weight is 417 g/mol.